The van der Waals surface area contributed by atoms with Crippen molar-refractivity contribution >= 4 is 11.7 Å². The van der Waals surface area contributed by atoms with Gasteiger partial charge in [0, 0.05) is 36.5 Å². The molecule has 1 aliphatic carbocycles. The monoisotopic (exact) mass is 348 g/mol. The number of rotatable bonds is 6. The van der Waals surface area contributed by atoms with Crippen LogP contribution >= 0.6 is 0 Å². The van der Waals surface area contributed by atoms with E-state index in [4.69, 9.17) is 10.8 Å². The van der Waals surface area contributed by atoms with Crippen LogP contribution in [0.2, 0.25) is 0 Å². The number of amides is 1. The van der Waals surface area contributed by atoms with Gasteiger partial charge in [-0.05, 0) is 45.1 Å². The maximum Gasteiger partial charge on any atom is 0.255 e. The first kappa shape index (κ1) is 19.2. The Bertz CT molecular complexity index is 601. The summed E-state index contributed by atoms with van der Waals surface area (Å²) in [5.74, 6) is 0.761. The summed E-state index contributed by atoms with van der Waals surface area (Å²) < 4.78 is 0. The Morgan fingerprint density at radius 1 is 1.48 bits per heavy atom. The van der Waals surface area contributed by atoms with Crippen molar-refractivity contribution in [2.45, 2.75) is 51.2 Å². The molecule has 0 spiro atoms. The molecule has 138 valence electrons. The van der Waals surface area contributed by atoms with Crippen molar-refractivity contribution in [2.24, 2.45) is 10.7 Å². The molecule has 7 heteroatoms. The number of aliphatic hydroxyl groups excluding tert-OH is 2. The van der Waals surface area contributed by atoms with Gasteiger partial charge in [0.25, 0.3) is 5.91 Å². The van der Waals surface area contributed by atoms with Gasteiger partial charge in [-0.15, -0.1) is 0 Å². The summed E-state index contributed by atoms with van der Waals surface area (Å²) in [4.78, 5) is 18.5. The van der Waals surface area contributed by atoms with Gasteiger partial charge in [0.15, 0.2) is 0 Å². The Labute approximate surface area is 148 Å². The summed E-state index contributed by atoms with van der Waals surface area (Å²) in [7, 11) is 0. The van der Waals surface area contributed by atoms with Gasteiger partial charge < -0.3 is 21.3 Å². The van der Waals surface area contributed by atoms with E-state index < -0.39 is 0 Å². The van der Waals surface area contributed by atoms with Gasteiger partial charge in [-0.1, -0.05) is 6.58 Å². The lowest BCUT2D eigenvalue weighted by Gasteiger charge is -2.30. The van der Waals surface area contributed by atoms with Gasteiger partial charge in [-0.25, -0.2) is 4.99 Å². The van der Waals surface area contributed by atoms with Crippen LogP contribution in [0.15, 0.2) is 40.8 Å². The van der Waals surface area contributed by atoms with Crippen molar-refractivity contribution < 1.29 is 15.0 Å². The number of nitrogens with one attached hydrogen (secondary N) is 1. The number of aliphatic hydroxyl groups is 2. The van der Waals surface area contributed by atoms with Gasteiger partial charge in [-0.3, -0.25) is 9.69 Å². The SMILES string of the molecule is C=C(/N=C1\C(=C/N)C=C(C)C(=O)N1CCCO)N[C@H]1CC[C@H](O)CC1. The molecule has 0 saturated heterocycles. The maximum atomic E-state index is 12.5. The Morgan fingerprint density at radius 3 is 2.76 bits per heavy atom. The molecule has 0 aromatic heterocycles. The number of aliphatic imine (C=N–C) groups is 1. The van der Waals surface area contributed by atoms with Crippen molar-refractivity contribution in [2.75, 3.05) is 13.2 Å². The number of amidine groups is 1. The highest BCUT2D eigenvalue weighted by Crippen LogP contribution is 2.21. The third-order valence-corrected chi connectivity index (χ3v) is 4.50. The van der Waals surface area contributed by atoms with Crippen LogP contribution in [-0.4, -0.2) is 52.2 Å². The van der Waals surface area contributed by atoms with Crippen LogP contribution in [-0.2, 0) is 4.79 Å². The minimum atomic E-state index is -0.220. The second-order valence-electron chi connectivity index (χ2n) is 6.52. The van der Waals surface area contributed by atoms with E-state index in [0.717, 1.165) is 25.7 Å². The molecule has 1 aliphatic heterocycles. The minimum absolute atomic E-state index is 0.00884. The lowest BCUT2D eigenvalue weighted by Crippen LogP contribution is -2.43. The molecule has 25 heavy (non-hydrogen) atoms. The third-order valence-electron chi connectivity index (χ3n) is 4.50. The highest BCUT2D eigenvalue weighted by atomic mass is 16.3. The molecular weight excluding hydrogens is 320 g/mol. The van der Waals surface area contributed by atoms with Gasteiger partial charge in [0.1, 0.15) is 11.7 Å². The molecule has 5 N–H and O–H groups in total. The molecule has 0 unspecified atom stereocenters. The van der Waals surface area contributed by atoms with Crippen LogP contribution in [0.4, 0.5) is 0 Å². The smallest absolute Gasteiger partial charge is 0.255 e. The van der Waals surface area contributed by atoms with E-state index >= 15 is 0 Å². The fourth-order valence-electron chi connectivity index (χ4n) is 3.12. The van der Waals surface area contributed by atoms with Crippen LogP contribution in [0.5, 0.6) is 0 Å². The van der Waals surface area contributed by atoms with Gasteiger partial charge in [-0.2, -0.15) is 0 Å². The normalized spacial score (nSPS) is 27.6. The number of hydrogen-bond donors (Lipinski definition) is 4. The van der Waals surface area contributed by atoms with E-state index in [9.17, 15) is 9.90 Å². The molecule has 7 nitrogen and oxygen atoms in total. The summed E-state index contributed by atoms with van der Waals surface area (Å²) in [5.41, 5.74) is 6.94. The predicted octanol–water partition coefficient (Wildman–Crippen LogP) is 0.763. The third kappa shape index (κ3) is 4.93. The Balaban J connectivity index is 2.17. The molecule has 1 amide bonds. The van der Waals surface area contributed by atoms with Gasteiger partial charge in [0.2, 0.25) is 0 Å². The Hall–Kier alpha value is -2.12. The molecule has 0 aromatic rings. The number of nitrogens with two attached hydrogens (primary N) is 1. The van der Waals surface area contributed by atoms with Crippen molar-refractivity contribution in [3.05, 3.63) is 35.8 Å². The van der Waals surface area contributed by atoms with Gasteiger partial charge >= 0.3 is 0 Å². The van der Waals surface area contributed by atoms with Crippen LogP contribution in [0.1, 0.15) is 39.0 Å². The topological polar surface area (TPSA) is 111 Å². The van der Waals surface area contributed by atoms with E-state index in [-0.39, 0.29) is 24.7 Å². The van der Waals surface area contributed by atoms with Crippen LogP contribution in [0.25, 0.3) is 0 Å². The Kier molecular flexibility index (Phi) is 6.78. The summed E-state index contributed by atoms with van der Waals surface area (Å²) in [6.45, 7) is 6.04. The number of nitrogens with zero attached hydrogens (tertiary/aromatic N) is 2. The zero-order chi connectivity index (χ0) is 18.4. The summed E-state index contributed by atoms with van der Waals surface area (Å²) in [6, 6.07) is 0.216. The minimum Gasteiger partial charge on any atom is -0.404 e. The van der Waals surface area contributed by atoms with Crippen molar-refractivity contribution in [1.29, 1.82) is 0 Å². The zero-order valence-corrected chi connectivity index (χ0v) is 14.7. The first-order valence-electron chi connectivity index (χ1n) is 8.71. The second-order valence-corrected chi connectivity index (χ2v) is 6.52. The average Bonchev–Trinajstić information content (AvgIpc) is 2.59. The van der Waals surface area contributed by atoms with Crippen molar-refractivity contribution in [3.8, 4) is 0 Å². The molecule has 1 fully saturated rings. The molecule has 1 heterocycles. The summed E-state index contributed by atoms with van der Waals surface area (Å²) in [6.07, 6.45) is 6.61. The molecule has 1 saturated carbocycles. The van der Waals surface area contributed by atoms with E-state index in [0.29, 0.717) is 35.8 Å². The van der Waals surface area contributed by atoms with Crippen LogP contribution < -0.4 is 11.1 Å². The molecule has 0 radical (unpaired) electrons. The maximum absolute atomic E-state index is 12.5. The average molecular weight is 348 g/mol. The second kappa shape index (κ2) is 8.82. The number of carbonyl (C=O) groups excluding carboxylic acids is 1. The standard InChI is InChI=1S/C18H28N4O3/c1-12-10-14(11-19)17(22(18(12)25)8-3-9-23)21-13(2)20-15-4-6-16(24)7-5-15/h10-11,15-16,20,23-24H,2-9,19H2,1H3/b14-11-,21-17+/t15-,16-. The number of carbonyl (C=O) groups is 1. The van der Waals surface area contributed by atoms with E-state index in [1.54, 1.807) is 13.0 Å². The van der Waals surface area contributed by atoms with E-state index in [2.05, 4.69) is 16.9 Å². The van der Waals surface area contributed by atoms with Crippen LogP contribution in [0.3, 0.4) is 0 Å². The van der Waals surface area contributed by atoms with Crippen molar-refractivity contribution in [1.82, 2.24) is 10.2 Å². The molecule has 2 aliphatic rings. The van der Waals surface area contributed by atoms with Crippen molar-refractivity contribution in [3.63, 3.8) is 0 Å². The highest BCUT2D eigenvalue weighted by molar-refractivity contribution is 6.17. The predicted molar refractivity (Wildman–Crippen MR) is 97.4 cm³/mol. The summed E-state index contributed by atoms with van der Waals surface area (Å²) in [5, 5.41) is 22.0. The fourth-order valence-corrected chi connectivity index (χ4v) is 3.12. The number of hydrogen-bond acceptors (Lipinski definition) is 6. The quantitative estimate of drug-likeness (QED) is 0.566. The highest BCUT2D eigenvalue weighted by Gasteiger charge is 2.28. The Morgan fingerprint density at radius 2 is 2.16 bits per heavy atom. The largest absolute Gasteiger partial charge is 0.404 e. The van der Waals surface area contributed by atoms with Crippen LogP contribution in [0, 0.1) is 0 Å². The summed E-state index contributed by atoms with van der Waals surface area (Å²) >= 11 is 0. The molecule has 2 rings (SSSR count). The lowest BCUT2D eigenvalue weighted by molar-refractivity contribution is -0.123. The lowest BCUT2D eigenvalue weighted by atomic mass is 9.93. The van der Waals surface area contributed by atoms with E-state index in [1.807, 2.05) is 0 Å². The fraction of sp³-hybridized carbons (Fsp3) is 0.556. The first-order valence-corrected chi connectivity index (χ1v) is 8.71. The first-order chi connectivity index (χ1) is 12.0. The molecule has 0 atom stereocenters. The van der Waals surface area contributed by atoms with Gasteiger partial charge in [0.05, 0.1) is 6.10 Å². The molecular formula is C18H28N4O3. The molecule has 0 bridgehead atoms. The van der Waals surface area contributed by atoms with E-state index in [1.165, 1.54) is 11.1 Å². The zero-order valence-electron chi connectivity index (χ0n) is 14.7. The molecule has 0 aromatic carbocycles.